The van der Waals surface area contributed by atoms with Crippen molar-refractivity contribution in [3.05, 3.63) is 44.4 Å². The third-order valence-corrected chi connectivity index (χ3v) is 8.43. The number of hydrogen-bond donors (Lipinski definition) is 2. The van der Waals surface area contributed by atoms with E-state index in [-0.39, 0.29) is 23.1 Å². The van der Waals surface area contributed by atoms with Gasteiger partial charge in [0.25, 0.3) is 0 Å². The highest BCUT2D eigenvalue weighted by molar-refractivity contribution is 8.00. The zero-order valence-electron chi connectivity index (χ0n) is 16.3. The maximum Gasteiger partial charge on any atom is 0.308 e. The monoisotopic (exact) mass is 461 g/mol. The van der Waals surface area contributed by atoms with E-state index < -0.39 is 28.9 Å². The summed E-state index contributed by atoms with van der Waals surface area (Å²) >= 11 is 2.10. The van der Waals surface area contributed by atoms with Gasteiger partial charge in [-0.25, -0.2) is 0 Å². The molecule has 9 nitrogen and oxygen atoms in total. The van der Waals surface area contributed by atoms with Crippen LogP contribution in [0.3, 0.4) is 0 Å². The molecule has 2 N–H and O–H groups in total. The van der Waals surface area contributed by atoms with Crippen LogP contribution in [0.5, 0.6) is 5.75 Å². The van der Waals surface area contributed by atoms with Crippen LogP contribution in [0, 0.1) is 5.92 Å². The maximum atomic E-state index is 12.9. The first-order chi connectivity index (χ1) is 15.0. The molecule has 162 valence electrons. The van der Waals surface area contributed by atoms with E-state index in [1.54, 1.807) is 23.1 Å². The number of nitrogens with zero attached hydrogens (tertiary/aromatic N) is 2. The van der Waals surface area contributed by atoms with Crippen molar-refractivity contribution < 1.29 is 24.2 Å². The number of imide groups is 1. The normalized spacial score (nSPS) is 25.2. The number of aromatic nitrogens is 1. The molecule has 2 aromatic rings. The summed E-state index contributed by atoms with van der Waals surface area (Å²) < 4.78 is 6.67. The number of nitrogens with one attached hydrogen (secondary N) is 1. The summed E-state index contributed by atoms with van der Waals surface area (Å²) in [6, 6.07) is 6.62. The van der Waals surface area contributed by atoms with E-state index in [0.717, 1.165) is 23.1 Å². The molecule has 3 aliphatic rings. The van der Waals surface area contributed by atoms with Crippen molar-refractivity contribution in [3.63, 3.8) is 0 Å². The van der Waals surface area contributed by atoms with Gasteiger partial charge in [0.2, 0.25) is 17.7 Å². The smallest absolute Gasteiger partial charge is 0.308 e. The van der Waals surface area contributed by atoms with Crippen molar-refractivity contribution >= 4 is 40.8 Å². The Morgan fingerprint density at radius 2 is 1.90 bits per heavy atom. The van der Waals surface area contributed by atoms with Crippen LogP contribution < -0.4 is 10.2 Å². The Hall–Kier alpha value is -2.63. The molecule has 3 amide bonds. The van der Waals surface area contributed by atoms with Crippen LogP contribution in [-0.4, -0.2) is 63.8 Å². The summed E-state index contributed by atoms with van der Waals surface area (Å²) in [5, 5.41) is 12.6. The molecule has 1 aromatic carbocycles. The molecule has 0 bridgehead atoms. The largest absolute Gasteiger partial charge is 0.508 e. The maximum absolute atomic E-state index is 12.9. The number of hydrogen-bond acceptors (Lipinski definition) is 8. The highest BCUT2D eigenvalue weighted by Gasteiger charge is 2.53. The Morgan fingerprint density at radius 3 is 2.65 bits per heavy atom. The molecule has 3 atom stereocenters. The molecular formula is C20H19N3O6S2. The highest BCUT2D eigenvalue weighted by atomic mass is 32.2. The number of morpholine rings is 1. The number of thioether (sulfide) groups is 1. The van der Waals surface area contributed by atoms with Gasteiger partial charge in [-0.1, -0.05) is 41.3 Å². The van der Waals surface area contributed by atoms with Crippen molar-refractivity contribution in [3.8, 4) is 5.75 Å². The van der Waals surface area contributed by atoms with Gasteiger partial charge in [-0.3, -0.25) is 29.1 Å². The molecule has 2 saturated heterocycles. The Bertz CT molecular complexity index is 1140. The lowest BCUT2D eigenvalue weighted by molar-refractivity contribution is -0.136. The summed E-state index contributed by atoms with van der Waals surface area (Å²) in [6.07, 6.45) is 0. The van der Waals surface area contributed by atoms with Crippen molar-refractivity contribution in [2.75, 3.05) is 26.3 Å². The van der Waals surface area contributed by atoms with Gasteiger partial charge in [0.15, 0.2) is 0 Å². The van der Waals surface area contributed by atoms with Gasteiger partial charge >= 0.3 is 4.87 Å². The van der Waals surface area contributed by atoms with Crippen LogP contribution in [-0.2, 0) is 25.7 Å². The average molecular weight is 462 g/mol. The molecule has 0 spiro atoms. The minimum atomic E-state index is -0.736. The lowest BCUT2D eigenvalue weighted by Crippen LogP contribution is -2.43. The Labute approximate surface area is 185 Å². The van der Waals surface area contributed by atoms with Gasteiger partial charge in [0.1, 0.15) is 17.5 Å². The van der Waals surface area contributed by atoms with Crippen molar-refractivity contribution in [1.29, 1.82) is 0 Å². The SMILES string of the molecule is O=C1NC(=O)C2C1Sc1c(sc(=O)n1CC(=O)N1CCOCC1)[C@H]2c1ccccc1O. The molecule has 2 fully saturated rings. The van der Waals surface area contributed by atoms with E-state index in [1.165, 1.54) is 10.6 Å². The first kappa shape index (κ1) is 20.3. The molecule has 0 saturated carbocycles. The van der Waals surface area contributed by atoms with Crippen molar-refractivity contribution in [2.45, 2.75) is 22.7 Å². The number of amides is 3. The fourth-order valence-corrected chi connectivity index (χ4v) is 7.04. The van der Waals surface area contributed by atoms with E-state index in [2.05, 4.69) is 5.32 Å². The molecule has 4 heterocycles. The zero-order chi connectivity index (χ0) is 21.7. The van der Waals surface area contributed by atoms with Crippen LogP contribution in [0.2, 0.25) is 0 Å². The first-order valence-electron chi connectivity index (χ1n) is 9.84. The molecule has 3 aliphatic heterocycles. The Kier molecular flexibility index (Phi) is 5.11. The fourth-order valence-electron chi connectivity index (χ4n) is 4.31. The molecular weight excluding hydrogens is 442 g/mol. The van der Waals surface area contributed by atoms with Gasteiger partial charge in [-0.05, 0) is 6.07 Å². The topological polar surface area (TPSA) is 118 Å². The average Bonchev–Trinajstić information content (AvgIpc) is 3.23. The van der Waals surface area contributed by atoms with Crippen LogP contribution in [0.25, 0.3) is 0 Å². The van der Waals surface area contributed by atoms with E-state index in [9.17, 15) is 24.3 Å². The molecule has 1 aromatic heterocycles. The molecule has 11 heteroatoms. The van der Waals surface area contributed by atoms with Gasteiger partial charge in [-0.2, -0.15) is 0 Å². The third-order valence-electron chi connectivity index (χ3n) is 5.82. The van der Waals surface area contributed by atoms with Gasteiger partial charge in [0.05, 0.1) is 24.2 Å². The van der Waals surface area contributed by atoms with Crippen LogP contribution in [0.1, 0.15) is 16.4 Å². The summed E-state index contributed by atoms with van der Waals surface area (Å²) in [5.41, 5.74) is 0.483. The second-order valence-electron chi connectivity index (χ2n) is 7.57. The van der Waals surface area contributed by atoms with E-state index in [1.807, 2.05) is 0 Å². The number of thiazole rings is 1. The number of aromatic hydroxyl groups is 1. The van der Waals surface area contributed by atoms with Crippen molar-refractivity contribution in [2.24, 2.45) is 5.92 Å². The molecule has 2 unspecified atom stereocenters. The lowest BCUT2D eigenvalue weighted by Gasteiger charge is -2.31. The number of carbonyl (C=O) groups excluding carboxylic acids is 3. The minimum absolute atomic E-state index is 0.00644. The summed E-state index contributed by atoms with van der Waals surface area (Å²) in [6.45, 7) is 1.71. The fraction of sp³-hybridized carbons (Fsp3) is 0.400. The number of para-hydroxylation sites is 1. The van der Waals surface area contributed by atoms with Gasteiger partial charge in [-0.15, -0.1) is 0 Å². The number of fused-ring (bicyclic) bond motifs is 2. The second-order valence-corrected chi connectivity index (χ2v) is 9.69. The van der Waals surface area contributed by atoms with Gasteiger partial charge < -0.3 is 14.7 Å². The lowest BCUT2D eigenvalue weighted by atomic mass is 9.82. The quantitative estimate of drug-likeness (QED) is 0.634. The van der Waals surface area contributed by atoms with Crippen LogP contribution in [0.4, 0.5) is 0 Å². The number of benzene rings is 1. The summed E-state index contributed by atoms with van der Waals surface area (Å²) in [7, 11) is 0. The Balaban J connectivity index is 1.59. The van der Waals surface area contributed by atoms with Crippen LogP contribution in [0.15, 0.2) is 34.1 Å². The van der Waals surface area contributed by atoms with Crippen molar-refractivity contribution in [1.82, 2.24) is 14.8 Å². The predicted octanol–water partition coefficient (Wildman–Crippen LogP) is 0.353. The summed E-state index contributed by atoms with van der Waals surface area (Å²) in [5.74, 6) is -2.42. The number of ether oxygens (including phenoxy) is 1. The number of phenols is 1. The minimum Gasteiger partial charge on any atom is -0.508 e. The van der Waals surface area contributed by atoms with E-state index in [4.69, 9.17) is 4.74 Å². The summed E-state index contributed by atoms with van der Waals surface area (Å²) in [4.78, 5) is 52.7. The van der Waals surface area contributed by atoms with Gasteiger partial charge in [0, 0.05) is 29.4 Å². The number of carbonyl (C=O) groups is 3. The van der Waals surface area contributed by atoms with E-state index >= 15 is 0 Å². The zero-order valence-corrected chi connectivity index (χ0v) is 17.9. The van der Waals surface area contributed by atoms with E-state index in [0.29, 0.717) is 41.8 Å². The highest BCUT2D eigenvalue weighted by Crippen LogP contribution is 2.52. The number of rotatable bonds is 3. The molecule has 0 radical (unpaired) electrons. The molecule has 31 heavy (non-hydrogen) atoms. The molecule has 0 aliphatic carbocycles. The number of phenolic OH excluding ortho intramolecular Hbond substituents is 1. The molecule has 5 rings (SSSR count). The first-order valence-corrected chi connectivity index (χ1v) is 11.5. The van der Waals surface area contributed by atoms with Crippen LogP contribution >= 0.6 is 23.1 Å². The Morgan fingerprint density at radius 1 is 1.16 bits per heavy atom. The predicted molar refractivity (Wildman–Crippen MR) is 112 cm³/mol. The standard InChI is InChI=1S/C20H19N3O6S2/c24-11-4-2-1-3-10(11)13-14-15(18(27)21-17(14)26)30-19-16(13)31-20(28)23(19)9-12(25)22-5-7-29-8-6-22/h1-4,13-15,24H,5-9H2,(H,21,26,27)/t13-,14?,15?/m0/s1. The second kappa shape index (κ2) is 7.81. The third kappa shape index (κ3) is 3.36.